The van der Waals surface area contributed by atoms with Crippen molar-refractivity contribution in [2.75, 3.05) is 20.1 Å². The molecule has 0 aliphatic carbocycles. The predicted molar refractivity (Wildman–Crippen MR) is 63.8 cm³/mol. The number of hydrogen-bond donors (Lipinski definition) is 1. The second-order valence-electron chi connectivity index (χ2n) is 3.24. The van der Waals surface area contributed by atoms with Gasteiger partial charge in [-0.3, -0.25) is 4.99 Å². The smallest absolute Gasteiger partial charge is 0.194 e. The number of nitrogens with one attached hydrogen (secondary N) is 1. The number of thiophene rings is 1. The Labute approximate surface area is 96.0 Å². The Bertz CT molecular complexity index is 348. The molecule has 1 aromatic rings. The summed E-state index contributed by atoms with van der Waals surface area (Å²) in [6, 6.07) is 2.13. The van der Waals surface area contributed by atoms with Crippen molar-refractivity contribution in [3.05, 3.63) is 20.8 Å². The quantitative estimate of drug-likeness (QED) is 0.892. The molecule has 5 heteroatoms. The van der Waals surface area contributed by atoms with Gasteiger partial charge in [0.1, 0.15) is 0 Å². The van der Waals surface area contributed by atoms with Gasteiger partial charge in [-0.05, 0) is 32.9 Å². The first-order valence-electron chi connectivity index (χ1n) is 4.48. The van der Waals surface area contributed by atoms with Gasteiger partial charge in [-0.1, -0.05) is 0 Å². The zero-order valence-corrected chi connectivity index (χ0v) is 10.4. The number of guanidine groups is 1. The van der Waals surface area contributed by atoms with Gasteiger partial charge < -0.3 is 10.2 Å². The molecular formula is C9H12BrN3S. The van der Waals surface area contributed by atoms with E-state index >= 15 is 0 Å². The third kappa shape index (κ3) is 2.27. The Kier molecular flexibility index (Phi) is 3.08. The molecule has 1 N–H and O–H groups in total. The molecular weight excluding hydrogens is 262 g/mol. The number of halogens is 1. The first-order valence-corrected chi connectivity index (χ1v) is 6.15. The van der Waals surface area contributed by atoms with Crippen LogP contribution in [0.4, 0.5) is 0 Å². The summed E-state index contributed by atoms with van der Waals surface area (Å²) < 4.78 is 1.18. The van der Waals surface area contributed by atoms with Crippen LogP contribution in [-0.4, -0.2) is 31.0 Å². The van der Waals surface area contributed by atoms with E-state index in [1.54, 1.807) is 11.3 Å². The monoisotopic (exact) mass is 273 g/mol. The van der Waals surface area contributed by atoms with E-state index in [9.17, 15) is 0 Å². The van der Waals surface area contributed by atoms with Crippen LogP contribution < -0.4 is 5.32 Å². The summed E-state index contributed by atoms with van der Waals surface area (Å²) in [7, 11) is 2.06. The van der Waals surface area contributed by atoms with E-state index in [1.165, 1.54) is 9.35 Å². The summed E-state index contributed by atoms with van der Waals surface area (Å²) in [4.78, 5) is 6.50. The summed E-state index contributed by atoms with van der Waals surface area (Å²) in [6.07, 6.45) is 0. The molecule has 0 amide bonds. The van der Waals surface area contributed by atoms with Gasteiger partial charge in [0.05, 0.1) is 10.3 Å². The Morgan fingerprint density at radius 1 is 1.71 bits per heavy atom. The first-order chi connectivity index (χ1) is 6.75. The summed E-state index contributed by atoms with van der Waals surface area (Å²) >= 11 is 5.16. The molecule has 0 saturated heterocycles. The minimum atomic E-state index is 0.852. The fourth-order valence-corrected chi connectivity index (χ4v) is 2.55. The molecule has 0 spiro atoms. The Hall–Kier alpha value is -0.550. The third-order valence-corrected chi connectivity index (χ3v) is 3.68. The first kappa shape index (κ1) is 9.98. The normalized spacial score (nSPS) is 15.9. The lowest BCUT2D eigenvalue weighted by Gasteiger charge is -2.14. The largest absolute Gasteiger partial charge is 0.352 e. The number of nitrogens with zero attached hydrogens (tertiary/aromatic N) is 2. The Morgan fingerprint density at radius 3 is 3.14 bits per heavy atom. The van der Waals surface area contributed by atoms with Crippen molar-refractivity contribution < 1.29 is 0 Å². The highest BCUT2D eigenvalue weighted by Crippen LogP contribution is 2.20. The molecule has 0 saturated carbocycles. The lowest BCUT2D eigenvalue weighted by Crippen LogP contribution is -2.34. The number of rotatable bonds is 2. The van der Waals surface area contributed by atoms with Gasteiger partial charge in [-0.25, -0.2) is 0 Å². The maximum absolute atomic E-state index is 4.36. The third-order valence-electron chi connectivity index (χ3n) is 2.13. The van der Waals surface area contributed by atoms with Crippen molar-refractivity contribution in [1.82, 2.24) is 10.2 Å². The van der Waals surface area contributed by atoms with E-state index in [0.29, 0.717) is 0 Å². The van der Waals surface area contributed by atoms with Gasteiger partial charge in [-0.2, -0.15) is 0 Å². The molecule has 0 radical (unpaired) electrons. The van der Waals surface area contributed by atoms with E-state index in [1.807, 2.05) is 0 Å². The average molecular weight is 274 g/mol. The molecule has 2 heterocycles. The van der Waals surface area contributed by atoms with Crippen LogP contribution in [0.15, 0.2) is 20.2 Å². The van der Waals surface area contributed by atoms with Gasteiger partial charge >= 0.3 is 0 Å². The van der Waals surface area contributed by atoms with Gasteiger partial charge in [0.15, 0.2) is 5.96 Å². The highest BCUT2D eigenvalue weighted by molar-refractivity contribution is 9.11. The van der Waals surface area contributed by atoms with Gasteiger partial charge in [0.2, 0.25) is 0 Å². The minimum Gasteiger partial charge on any atom is -0.352 e. The van der Waals surface area contributed by atoms with Crippen LogP contribution in [-0.2, 0) is 6.54 Å². The fraction of sp³-hybridized carbons (Fsp3) is 0.444. The molecule has 3 nitrogen and oxygen atoms in total. The maximum Gasteiger partial charge on any atom is 0.194 e. The summed E-state index contributed by atoms with van der Waals surface area (Å²) in [6.45, 7) is 2.78. The molecule has 1 aliphatic rings. The molecule has 0 bridgehead atoms. The SMILES string of the molecule is CN1CCN=C1NCc1csc(Br)c1. The summed E-state index contributed by atoms with van der Waals surface area (Å²) in [5.41, 5.74) is 1.30. The molecule has 0 fully saturated rings. The van der Waals surface area contributed by atoms with E-state index in [2.05, 4.69) is 49.6 Å². The Balaban J connectivity index is 1.88. The molecule has 0 unspecified atom stereocenters. The van der Waals surface area contributed by atoms with E-state index in [-0.39, 0.29) is 0 Å². The summed E-state index contributed by atoms with van der Waals surface area (Å²) in [5.74, 6) is 1.01. The molecule has 14 heavy (non-hydrogen) atoms. The summed E-state index contributed by atoms with van der Waals surface area (Å²) in [5, 5.41) is 5.47. The standard InChI is InChI=1S/C9H12BrN3S/c1-13-3-2-11-9(13)12-5-7-4-8(10)14-6-7/h4,6H,2-3,5H2,1H3,(H,11,12). The maximum atomic E-state index is 4.36. The predicted octanol–water partition coefficient (Wildman–Crippen LogP) is 1.90. The van der Waals surface area contributed by atoms with Crippen molar-refractivity contribution >= 4 is 33.2 Å². The van der Waals surface area contributed by atoms with Crippen LogP contribution in [0.5, 0.6) is 0 Å². The van der Waals surface area contributed by atoms with Crippen LogP contribution in [0.25, 0.3) is 0 Å². The molecule has 2 rings (SSSR count). The van der Waals surface area contributed by atoms with Crippen LogP contribution in [0.1, 0.15) is 5.56 Å². The molecule has 1 aliphatic heterocycles. The van der Waals surface area contributed by atoms with Crippen LogP contribution in [0.2, 0.25) is 0 Å². The van der Waals surface area contributed by atoms with Crippen molar-refractivity contribution in [3.63, 3.8) is 0 Å². The molecule has 76 valence electrons. The average Bonchev–Trinajstić information content (AvgIpc) is 2.72. The molecule has 1 aromatic heterocycles. The lowest BCUT2D eigenvalue weighted by molar-refractivity contribution is 0.534. The number of aliphatic imine (C=N–C) groups is 1. The number of likely N-dealkylation sites (N-methyl/N-ethyl adjacent to an activating group) is 1. The minimum absolute atomic E-state index is 0.852. The topological polar surface area (TPSA) is 27.6 Å². The zero-order valence-electron chi connectivity index (χ0n) is 7.96. The fourth-order valence-electron chi connectivity index (χ4n) is 1.34. The molecule has 0 atom stereocenters. The highest BCUT2D eigenvalue weighted by atomic mass is 79.9. The van der Waals surface area contributed by atoms with Gasteiger partial charge in [0, 0.05) is 20.1 Å². The van der Waals surface area contributed by atoms with Crippen molar-refractivity contribution in [3.8, 4) is 0 Å². The highest BCUT2D eigenvalue weighted by Gasteiger charge is 2.11. The number of hydrogen-bond acceptors (Lipinski definition) is 4. The van der Waals surface area contributed by atoms with Crippen LogP contribution in [0, 0.1) is 0 Å². The zero-order chi connectivity index (χ0) is 9.97. The second-order valence-corrected chi connectivity index (χ2v) is 5.53. The van der Waals surface area contributed by atoms with Gasteiger partial charge in [0.25, 0.3) is 0 Å². The second kappa shape index (κ2) is 4.31. The van der Waals surface area contributed by atoms with Crippen LogP contribution in [0.3, 0.4) is 0 Å². The molecule has 0 aromatic carbocycles. The van der Waals surface area contributed by atoms with E-state index in [4.69, 9.17) is 0 Å². The van der Waals surface area contributed by atoms with Crippen LogP contribution >= 0.6 is 27.3 Å². The van der Waals surface area contributed by atoms with Crippen molar-refractivity contribution in [1.29, 1.82) is 0 Å². The van der Waals surface area contributed by atoms with Crippen molar-refractivity contribution in [2.24, 2.45) is 4.99 Å². The van der Waals surface area contributed by atoms with Crippen molar-refractivity contribution in [2.45, 2.75) is 6.54 Å². The lowest BCUT2D eigenvalue weighted by atomic mass is 10.3. The van der Waals surface area contributed by atoms with E-state index in [0.717, 1.165) is 25.6 Å². The van der Waals surface area contributed by atoms with Gasteiger partial charge in [-0.15, -0.1) is 11.3 Å². The Morgan fingerprint density at radius 2 is 2.57 bits per heavy atom. The van der Waals surface area contributed by atoms with E-state index < -0.39 is 0 Å².